The normalized spacial score (nSPS) is 19.0. The summed E-state index contributed by atoms with van der Waals surface area (Å²) in [4.78, 5) is 20.3. The lowest BCUT2D eigenvalue weighted by Gasteiger charge is -2.16. The number of nitrogens with one attached hydrogen (secondary N) is 1. The number of nitrogens with zero attached hydrogens (tertiary/aromatic N) is 2. The van der Waals surface area contributed by atoms with Crippen LogP contribution in [-0.2, 0) is 6.54 Å². The molecule has 1 aromatic heterocycles. The fourth-order valence-electron chi connectivity index (χ4n) is 2.82. The van der Waals surface area contributed by atoms with Crippen molar-refractivity contribution in [3.63, 3.8) is 0 Å². The van der Waals surface area contributed by atoms with Crippen molar-refractivity contribution in [1.29, 1.82) is 0 Å². The zero-order valence-electron chi connectivity index (χ0n) is 11.6. The van der Waals surface area contributed by atoms with Gasteiger partial charge in [-0.05, 0) is 30.7 Å². The molecule has 5 nitrogen and oxygen atoms in total. The van der Waals surface area contributed by atoms with E-state index in [9.17, 15) is 9.18 Å². The Kier molecular flexibility index (Phi) is 3.70. The Bertz CT molecular complexity index is 700. The summed E-state index contributed by atoms with van der Waals surface area (Å²) in [6.07, 6.45) is 0.922. The minimum atomic E-state index is -0.221. The Labute approximate surface area is 121 Å². The Morgan fingerprint density at radius 3 is 3.05 bits per heavy atom. The number of hydrogen-bond donors (Lipinski definition) is 2. The molecule has 110 valence electrons. The molecule has 0 radical (unpaired) electrons. The minimum absolute atomic E-state index is 0.154. The molecule has 21 heavy (non-hydrogen) atoms. The number of aromatic nitrogens is 2. The summed E-state index contributed by atoms with van der Waals surface area (Å²) < 4.78 is 13.2. The number of nitrogens with two attached hydrogens (primary N) is 1. The van der Waals surface area contributed by atoms with Gasteiger partial charge in [0, 0.05) is 25.1 Å². The van der Waals surface area contributed by atoms with Crippen LogP contribution in [0.5, 0.6) is 0 Å². The van der Waals surface area contributed by atoms with Crippen LogP contribution >= 0.6 is 0 Å². The lowest BCUT2D eigenvalue weighted by Crippen LogP contribution is -2.21. The third-order valence-electron chi connectivity index (χ3n) is 3.77. The lowest BCUT2D eigenvalue weighted by atomic mass is 10.1. The van der Waals surface area contributed by atoms with Crippen molar-refractivity contribution in [1.82, 2.24) is 14.9 Å². The molecule has 1 aliphatic heterocycles. The summed E-state index contributed by atoms with van der Waals surface area (Å²) in [6.45, 7) is 2.40. The maximum absolute atomic E-state index is 13.2. The van der Waals surface area contributed by atoms with E-state index in [2.05, 4.69) is 14.9 Å². The van der Waals surface area contributed by atoms with Crippen LogP contribution in [0.4, 0.5) is 10.3 Å². The van der Waals surface area contributed by atoms with Crippen molar-refractivity contribution in [3.05, 3.63) is 57.8 Å². The van der Waals surface area contributed by atoms with Gasteiger partial charge in [0.25, 0.3) is 5.56 Å². The standard InChI is InChI=1S/C15H17FN4O/c16-12-3-1-2-10(6-12)8-20-5-4-11(9-20)13-7-14(21)19-15(17)18-13/h1-3,6-7,11H,4-5,8-9H2,(H3,17,18,19,21). The lowest BCUT2D eigenvalue weighted by molar-refractivity contribution is 0.326. The number of nitrogen functional groups attached to an aromatic ring is 1. The number of aromatic amines is 1. The summed E-state index contributed by atoms with van der Waals surface area (Å²) >= 11 is 0. The molecule has 1 fully saturated rings. The van der Waals surface area contributed by atoms with Gasteiger partial charge in [0.15, 0.2) is 0 Å². The summed E-state index contributed by atoms with van der Waals surface area (Å²) in [6, 6.07) is 8.14. The summed E-state index contributed by atoms with van der Waals surface area (Å²) in [5.41, 5.74) is 7.05. The highest BCUT2D eigenvalue weighted by molar-refractivity contribution is 5.21. The van der Waals surface area contributed by atoms with E-state index in [1.807, 2.05) is 6.07 Å². The number of anilines is 1. The highest BCUT2D eigenvalue weighted by Gasteiger charge is 2.25. The fourth-order valence-corrected chi connectivity index (χ4v) is 2.82. The van der Waals surface area contributed by atoms with Crippen molar-refractivity contribution in [3.8, 4) is 0 Å². The molecule has 1 unspecified atom stereocenters. The van der Waals surface area contributed by atoms with Crippen LogP contribution in [0.15, 0.2) is 35.1 Å². The largest absolute Gasteiger partial charge is 0.369 e. The predicted octanol–water partition coefficient (Wildman–Crippen LogP) is 1.48. The Morgan fingerprint density at radius 1 is 1.43 bits per heavy atom. The van der Waals surface area contributed by atoms with Gasteiger partial charge in [-0.1, -0.05) is 12.1 Å². The molecule has 1 saturated heterocycles. The first-order chi connectivity index (χ1) is 10.1. The minimum Gasteiger partial charge on any atom is -0.369 e. The first-order valence-corrected chi connectivity index (χ1v) is 6.94. The molecule has 1 aromatic carbocycles. The Balaban J connectivity index is 1.69. The van der Waals surface area contributed by atoms with Crippen LogP contribution in [0, 0.1) is 5.82 Å². The number of H-pyrrole nitrogens is 1. The van der Waals surface area contributed by atoms with Crippen molar-refractivity contribution in [2.24, 2.45) is 0 Å². The predicted molar refractivity (Wildman–Crippen MR) is 78.3 cm³/mol. The van der Waals surface area contributed by atoms with Gasteiger partial charge in [0.05, 0.1) is 5.69 Å². The van der Waals surface area contributed by atoms with E-state index < -0.39 is 0 Å². The smallest absolute Gasteiger partial charge is 0.252 e. The van der Waals surface area contributed by atoms with E-state index >= 15 is 0 Å². The van der Waals surface area contributed by atoms with E-state index in [-0.39, 0.29) is 23.2 Å². The van der Waals surface area contributed by atoms with Gasteiger partial charge in [-0.3, -0.25) is 14.7 Å². The van der Waals surface area contributed by atoms with Crippen LogP contribution < -0.4 is 11.3 Å². The fraction of sp³-hybridized carbons (Fsp3) is 0.333. The topological polar surface area (TPSA) is 75.0 Å². The summed E-state index contributed by atoms with van der Waals surface area (Å²) in [7, 11) is 0. The molecule has 0 saturated carbocycles. The van der Waals surface area contributed by atoms with Gasteiger partial charge in [0.1, 0.15) is 5.82 Å². The first-order valence-electron chi connectivity index (χ1n) is 6.94. The molecule has 2 aromatic rings. The highest BCUT2D eigenvalue weighted by Crippen LogP contribution is 2.26. The monoisotopic (exact) mass is 288 g/mol. The number of likely N-dealkylation sites (tertiary alicyclic amines) is 1. The SMILES string of the molecule is Nc1nc(C2CCN(Cc3cccc(F)c3)C2)cc(=O)[nH]1. The zero-order valence-corrected chi connectivity index (χ0v) is 11.6. The van der Waals surface area contributed by atoms with Crippen LogP contribution in [0.3, 0.4) is 0 Å². The molecule has 0 spiro atoms. The van der Waals surface area contributed by atoms with Gasteiger partial charge < -0.3 is 5.73 Å². The Hall–Kier alpha value is -2.21. The van der Waals surface area contributed by atoms with Crippen molar-refractivity contribution in [2.45, 2.75) is 18.9 Å². The zero-order chi connectivity index (χ0) is 14.8. The number of hydrogen-bond acceptors (Lipinski definition) is 4. The van der Waals surface area contributed by atoms with E-state index in [0.29, 0.717) is 6.54 Å². The van der Waals surface area contributed by atoms with Gasteiger partial charge in [0.2, 0.25) is 5.95 Å². The molecule has 3 rings (SSSR count). The Morgan fingerprint density at radius 2 is 2.29 bits per heavy atom. The molecule has 3 N–H and O–H groups in total. The maximum Gasteiger partial charge on any atom is 0.252 e. The van der Waals surface area contributed by atoms with Gasteiger partial charge in [-0.25, -0.2) is 9.37 Å². The van der Waals surface area contributed by atoms with Crippen LogP contribution in [0.1, 0.15) is 23.6 Å². The van der Waals surface area contributed by atoms with E-state index in [0.717, 1.165) is 30.8 Å². The molecule has 0 aliphatic carbocycles. The van der Waals surface area contributed by atoms with Gasteiger partial charge in [-0.2, -0.15) is 0 Å². The average molecular weight is 288 g/mol. The van der Waals surface area contributed by atoms with Crippen LogP contribution in [0.25, 0.3) is 0 Å². The molecule has 1 aliphatic rings. The molecule has 0 amide bonds. The van der Waals surface area contributed by atoms with Gasteiger partial charge in [-0.15, -0.1) is 0 Å². The second-order valence-electron chi connectivity index (χ2n) is 5.41. The molecular weight excluding hydrogens is 271 g/mol. The van der Waals surface area contributed by atoms with E-state index in [4.69, 9.17) is 5.73 Å². The summed E-state index contributed by atoms with van der Waals surface area (Å²) in [5.74, 6) is 0.136. The maximum atomic E-state index is 13.2. The summed E-state index contributed by atoms with van der Waals surface area (Å²) in [5, 5.41) is 0. The number of halogens is 1. The molecule has 2 heterocycles. The number of benzene rings is 1. The van der Waals surface area contributed by atoms with Gasteiger partial charge >= 0.3 is 0 Å². The van der Waals surface area contributed by atoms with Crippen molar-refractivity contribution in [2.75, 3.05) is 18.8 Å². The molecular formula is C15H17FN4O. The number of rotatable bonds is 3. The average Bonchev–Trinajstić information content (AvgIpc) is 2.86. The van der Waals surface area contributed by atoms with E-state index in [1.165, 1.54) is 12.1 Å². The third kappa shape index (κ3) is 3.28. The first kappa shape index (κ1) is 13.8. The molecule has 1 atom stereocenters. The highest BCUT2D eigenvalue weighted by atomic mass is 19.1. The molecule has 6 heteroatoms. The van der Waals surface area contributed by atoms with Crippen molar-refractivity contribution < 1.29 is 4.39 Å². The van der Waals surface area contributed by atoms with E-state index in [1.54, 1.807) is 12.1 Å². The van der Waals surface area contributed by atoms with Crippen LogP contribution in [-0.4, -0.2) is 28.0 Å². The van der Waals surface area contributed by atoms with Crippen molar-refractivity contribution >= 4 is 5.95 Å². The second-order valence-corrected chi connectivity index (χ2v) is 5.41. The second kappa shape index (κ2) is 5.65. The molecule has 0 bridgehead atoms. The third-order valence-corrected chi connectivity index (χ3v) is 3.77. The van der Waals surface area contributed by atoms with Crippen LogP contribution in [0.2, 0.25) is 0 Å². The quantitative estimate of drug-likeness (QED) is 0.897.